The molecule has 1 aliphatic heterocycles. The highest BCUT2D eigenvalue weighted by atomic mass is 16.5. The SMILES string of the molecule is CN(CCCN)C(=O)C1CCOc2ccccc21. The van der Waals surface area contributed by atoms with Crippen molar-refractivity contribution in [2.45, 2.75) is 18.8 Å². The van der Waals surface area contributed by atoms with Crippen LogP contribution in [0.5, 0.6) is 5.75 Å². The van der Waals surface area contributed by atoms with E-state index >= 15 is 0 Å². The zero-order valence-electron chi connectivity index (χ0n) is 10.8. The van der Waals surface area contributed by atoms with Gasteiger partial charge in [-0.05, 0) is 25.5 Å². The van der Waals surface area contributed by atoms with E-state index in [1.54, 1.807) is 4.90 Å². The molecule has 98 valence electrons. The summed E-state index contributed by atoms with van der Waals surface area (Å²) >= 11 is 0. The second kappa shape index (κ2) is 5.87. The summed E-state index contributed by atoms with van der Waals surface area (Å²) in [5.74, 6) is 0.936. The lowest BCUT2D eigenvalue weighted by molar-refractivity contribution is -0.132. The number of nitrogens with two attached hydrogens (primary N) is 1. The van der Waals surface area contributed by atoms with Gasteiger partial charge in [0.2, 0.25) is 5.91 Å². The lowest BCUT2D eigenvalue weighted by atomic mass is 9.92. The maximum absolute atomic E-state index is 12.4. The Kier molecular flexibility index (Phi) is 4.20. The molecule has 0 radical (unpaired) electrons. The van der Waals surface area contributed by atoms with Crippen LogP contribution in [-0.4, -0.2) is 37.6 Å². The first kappa shape index (κ1) is 12.9. The summed E-state index contributed by atoms with van der Waals surface area (Å²) in [6, 6.07) is 7.79. The fraction of sp³-hybridized carbons (Fsp3) is 0.500. The van der Waals surface area contributed by atoms with Gasteiger partial charge in [0.1, 0.15) is 5.75 Å². The van der Waals surface area contributed by atoms with Crippen molar-refractivity contribution in [3.63, 3.8) is 0 Å². The van der Waals surface area contributed by atoms with E-state index in [0.717, 1.165) is 30.7 Å². The summed E-state index contributed by atoms with van der Waals surface area (Å²) in [5.41, 5.74) is 6.48. The second-order valence-corrected chi connectivity index (χ2v) is 4.63. The molecule has 0 aromatic heterocycles. The topological polar surface area (TPSA) is 55.6 Å². The van der Waals surface area contributed by atoms with Crippen molar-refractivity contribution in [1.29, 1.82) is 0 Å². The van der Waals surface area contributed by atoms with E-state index in [0.29, 0.717) is 13.2 Å². The molecule has 1 aromatic rings. The number of benzene rings is 1. The number of hydrogen-bond acceptors (Lipinski definition) is 3. The third-order valence-corrected chi connectivity index (χ3v) is 3.33. The molecule has 1 heterocycles. The highest BCUT2D eigenvalue weighted by Gasteiger charge is 2.29. The summed E-state index contributed by atoms with van der Waals surface area (Å²) in [4.78, 5) is 14.2. The lowest BCUT2D eigenvalue weighted by Gasteiger charge is -2.28. The zero-order chi connectivity index (χ0) is 13.0. The third-order valence-electron chi connectivity index (χ3n) is 3.33. The van der Waals surface area contributed by atoms with E-state index in [2.05, 4.69) is 0 Å². The van der Waals surface area contributed by atoms with Crippen LogP contribution >= 0.6 is 0 Å². The Morgan fingerprint density at radius 2 is 2.28 bits per heavy atom. The Hall–Kier alpha value is -1.55. The maximum atomic E-state index is 12.4. The van der Waals surface area contributed by atoms with Crippen molar-refractivity contribution in [2.24, 2.45) is 5.73 Å². The molecule has 1 amide bonds. The van der Waals surface area contributed by atoms with Gasteiger partial charge in [0.25, 0.3) is 0 Å². The maximum Gasteiger partial charge on any atom is 0.230 e. The van der Waals surface area contributed by atoms with Gasteiger partial charge in [-0.2, -0.15) is 0 Å². The Balaban J connectivity index is 2.12. The van der Waals surface area contributed by atoms with E-state index in [-0.39, 0.29) is 11.8 Å². The standard InChI is InChI=1S/C14H20N2O2/c1-16(9-4-8-15)14(17)12-7-10-18-13-6-3-2-5-11(12)13/h2-3,5-6,12H,4,7-10,15H2,1H3. The second-order valence-electron chi connectivity index (χ2n) is 4.63. The largest absolute Gasteiger partial charge is 0.493 e. The van der Waals surface area contributed by atoms with Crippen LogP contribution in [0.1, 0.15) is 24.3 Å². The summed E-state index contributed by atoms with van der Waals surface area (Å²) in [6.07, 6.45) is 1.59. The molecular weight excluding hydrogens is 228 g/mol. The number of fused-ring (bicyclic) bond motifs is 1. The number of carbonyl (C=O) groups excluding carboxylic acids is 1. The highest BCUT2D eigenvalue weighted by molar-refractivity contribution is 5.84. The fourth-order valence-corrected chi connectivity index (χ4v) is 2.30. The molecule has 2 rings (SSSR count). The van der Waals surface area contributed by atoms with Gasteiger partial charge in [0.15, 0.2) is 0 Å². The molecule has 0 aliphatic carbocycles. The Labute approximate surface area is 108 Å². The molecule has 2 N–H and O–H groups in total. The van der Waals surface area contributed by atoms with Crippen molar-refractivity contribution in [3.8, 4) is 5.75 Å². The van der Waals surface area contributed by atoms with Crippen LogP contribution < -0.4 is 10.5 Å². The first-order chi connectivity index (χ1) is 8.74. The monoisotopic (exact) mass is 248 g/mol. The van der Waals surface area contributed by atoms with Crippen LogP contribution in [0, 0.1) is 0 Å². The first-order valence-electron chi connectivity index (χ1n) is 6.41. The van der Waals surface area contributed by atoms with Crippen molar-refractivity contribution in [1.82, 2.24) is 4.90 Å². The lowest BCUT2D eigenvalue weighted by Crippen LogP contribution is -2.35. The Bertz CT molecular complexity index is 420. The summed E-state index contributed by atoms with van der Waals surface area (Å²) in [7, 11) is 1.84. The van der Waals surface area contributed by atoms with Gasteiger partial charge in [-0.15, -0.1) is 0 Å². The minimum atomic E-state index is -0.0716. The summed E-state index contributed by atoms with van der Waals surface area (Å²) in [5, 5.41) is 0. The van der Waals surface area contributed by atoms with E-state index in [1.807, 2.05) is 31.3 Å². The molecule has 4 heteroatoms. The molecule has 0 bridgehead atoms. The molecule has 4 nitrogen and oxygen atoms in total. The van der Waals surface area contributed by atoms with E-state index in [1.165, 1.54) is 0 Å². The molecule has 1 aliphatic rings. The number of carbonyl (C=O) groups is 1. The van der Waals surface area contributed by atoms with E-state index in [9.17, 15) is 4.79 Å². The molecule has 0 saturated carbocycles. The highest BCUT2D eigenvalue weighted by Crippen LogP contribution is 2.34. The molecule has 1 unspecified atom stereocenters. The predicted octanol–water partition coefficient (Wildman–Crippen LogP) is 1.36. The van der Waals surface area contributed by atoms with Crippen LogP contribution in [-0.2, 0) is 4.79 Å². The van der Waals surface area contributed by atoms with Gasteiger partial charge >= 0.3 is 0 Å². The smallest absolute Gasteiger partial charge is 0.230 e. The fourth-order valence-electron chi connectivity index (χ4n) is 2.30. The van der Waals surface area contributed by atoms with Crippen LogP contribution in [0.2, 0.25) is 0 Å². The zero-order valence-corrected chi connectivity index (χ0v) is 10.8. The summed E-state index contributed by atoms with van der Waals surface area (Å²) < 4.78 is 5.57. The molecule has 0 fully saturated rings. The number of nitrogens with zero attached hydrogens (tertiary/aromatic N) is 1. The van der Waals surface area contributed by atoms with Crippen LogP contribution in [0.25, 0.3) is 0 Å². The number of para-hydroxylation sites is 1. The Morgan fingerprint density at radius 1 is 1.50 bits per heavy atom. The van der Waals surface area contributed by atoms with Gasteiger partial charge in [-0.25, -0.2) is 0 Å². The minimum Gasteiger partial charge on any atom is -0.493 e. The van der Waals surface area contributed by atoms with Gasteiger partial charge in [0.05, 0.1) is 12.5 Å². The van der Waals surface area contributed by atoms with Crippen molar-refractivity contribution in [2.75, 3.05) is 26.7 Å². The number of amides is 1. The number of rotatable bonds is 4. The number of likely N-dealkylation sites (N-methyl/N-ethyl adjacent to an activating group) is 1. The average Bonchev–Trinajstić information content (AvgIpc) is 2.43. The van der Waals surface area contributed by atoms with Gasteiger partial charge in [-0.3, -0.25) is 4.79 Å². The van der Waals surface area contributed by atoms with Gasteiger partial charge in [0, 0.05) is 19.2 Å². The van der Waals surface area contributed by atoms with Gasteiger partial charge < -0.3 is 15.4 Å². The van der Waals surface area contributed by atoms with Crippen molar-refractivity contribution in [3.05, 3.63) is 29.8 Å². The van der Waals surface area contributed by atoms with Crippen molar-refractivity contribution < 1.29 is 9.53 Å². The normalized spacial score (nSPS) is 17.8. The predicted molar refractivity (Wildman–Crippen MR) is 70.6 cm³/mol. The number of ether oxygens (including phenoxy) is 1. The van der Waals surface area contributed by atoms with E-state index < -0.39 is 0 Å². The van der Waals surface area contributed by atoms with Crippen LogP contribution in [0.3, 0.4) is 0 Å². The average molecular weight is 248 g/mol. The quantitative estimate of drug-likeness (QED) is 0.875. The minimum absolute atomic E-state index is 0.0716. The molecule has 0 spiro atoms. The Morgan fingerprint density at radius 3 is 3.06 bits per heavy atom. The van der Waals surface area contributed by atoms with Crippen LogP contribution in [0.15, 0.2) is 24.3 Å². The molecule has 18 heavy (non-hydrogen) atoms. The van der Waals surface area contributed by atoms with Crippen LogP contribution in [0.4, 0.5) is 0 Å². The molecule has 1 aromatic carbocycles. The molecular formula is C14H20N2O2. The molecule has 1 atom stereocenters. The first-order valence-corrected chi connectivity index (χ1v) is 6.41. The molecule has 0 saturated heterocycles. The van der Waals surface area contributed by atoms with Gasteiger partial charge in [-0.1, -0.05) is 18.2 Å². The van der Waals surface area contributed by atoms with E-state index in [4.69, 9.17) is 10.5 Å². The summed E-state index contributed by atoms with van der Waals surface area (Å²) in [6.45, 7) is 1.94. The third kappa shape index (κ3) is 2.64. The number of hydrogen-bond donors (Lipinski definition) is 1. The van der Waals surface area contributed by atoms with Crippen molar-refractivity contribution >= 4 is 5.91 Å².